The van der Waals surface area contributed by atoms with Gasteiger partial charge in [0.1, 0.15) is 5.75 Å². The maximum atomic E-state index is 16.1. The smallest absolute Gasteiger partial charge is 0.189 e. The third kappa shape index (κ3) is 8.56. The fourth-order valence-electron chi connectivity index (χ4n) is 24.3. The van der Waals surface area contributed by atoms with Crippen LogP contribution in [0.15, 0.2) is 94.6 Å². The van der Waals surface area contributed by atoms with Crippen molar-refractivity contribution in [1.82, 2.24) is 5.32 Å². The average Bonchev–Trinajstić information content (AvgIpc) is 0.833. The Balaban J connectivity index is 1.00. The lowest BCUT2D eigenvalue weighted by atomic mass is 9.35. The van der Waals surface area contributed by atoms with Crippen LogP contribution in [0.25, 0.3) is 0 Å². The van der Waals surface area contributed by atoms with Crippen molar-refractivity contribution < 1.29 is 39.8 Å². The van der Waals surface area contributed by atoms with Crippen molar-refractivity contribution in [2.45, 2.75) is 215 Å². The molecule has 2 heterocycles. The first-order valence-electron chi connectivity index (χ1n) is 35.7. The molecule has 2 aliphatic heterocycles. The Labute approximate surface area is 532 Å². The van der Waals surface area contributed by atoms with E-state index in [-0.39, 0.29) is 96.7 Å². The molecule has 11 nitrogen and oxygen atoms in total. The van der Waals surface area contributed by atoms with Gasteiger partial charge in [-0.1, -0.05) is 105 Å². The molecule has 16 unspecified atom stereocenters. The third-order valence-corrected chi connectivity index (χ3v) is 27.7. The molecule has 14 aliphatic rings. The van der Waals surface area contributed by atoms with Gasteiger partial charge in [0.2, 0.25) is 0 Å². The average molecular weight is 1210 g/mol. The zero-order chi connectivity index (χ0) is 61.1. The summed E-state index contributed by atoms with van der Waals surface area (Å²) < 4.78 is 14.9. The first-order chi connectivity index (χ1) is 43.7. The second kappa shape index (κ2) is 21.5. The predicted molar refractivity (Wildman–Crippen MR) is 348 cm³/mol. The summed E-state index contributed by atoms with van der Waals surface area (Å²) in [6.45, 7) is 2.59. The number of allylic oxidation sites excluding steroid dienone is 5. The predicted octanol–water partition coefficient (Wildman–Crippen LogP) is 13.0. The van der Waals surface area contributed by atoms with Gasteiger partial charge >= 0.3 is 0 Å². The first-order valence-corrected chi connectivity index (χ1v) is 35.7. The summed E-state index contributed by atoms with van der Waals surface area (Å²) in [5, 5.41) is 67.6. The van der Waals surface area contributed by atoms with Crippen LogP contribution in [-0.4, -0.2) is 82.0 Å². The number of nitrogens with two attached hydrogens (primary N) is 1. The zero-order valence-corrected chi connectivity index (χ0v) is 53.1. The van der Waals surface area contributed by atoms with Crippen molar-refractivity contribution in [2.24, 2.45) is 73.8 Å². The molecule has 3 aromatic carbocycles. The summed E-state index contributed by atoms with van der Waals surface area (Å²) in [5.41, 5.74) is 15.3. The number of ether oxygens (including phenoxy) is 2. The van der Waals surface area contributed by atoms with E-state index in [9.17, 15) is 25.5 Å². The minimum atomic E-state index is -0.980. The lowest BCUT2D eigenvalue weighted by Crippen LogP contribution is -2.66. The summed E-state index contributed by atoms with van der Waals surface area (Å²) in [7, 11) is 0. The maximum Gasteiger partial charge on any atom is 0.189 e. The molecule has 11 heteroatoms. The number of carbonyl (C=O) groups excluding carboxylic acids is 1. The maximum absolute atomic E-state index is 16.1. The van der Waals surface area contributed by atoms with Gasteiger partial charge in [-0.2, -0.15) is 0 Å². The fourth-order valence-corrected chi connectivity index (χ4v) is 24.3. The number of guanidine groups is 1. The second-order valence-corrected chi connectivity index (χ2v) is 32.1. The van der Waals surface area contributed by atoms with Crippen molar-refractivity contribution in [3.8, 4) is 29.1 Å². The van der Waals surface area contributed by atoms with Crippen molar-refractivity contribution >= 4 is 11.7 Å². The number of aliphatic imine (C=N–C) groups is 1. The van der Waals surface area contributed by atoms with E-state index in [4.69, 9.17) is 20.2 Å². The zero-order valence-electron chi connectivity index (χ0n) is 53.1. The molecule has 3 spiro atoms. The van der Waals surface area contributed by atoms with Crippen LogP contribution in [0.3, 0.4) is 0 Å². The van der Waals surface area contributed by atoms with Crippen molar-refractivity contribution in [1.29, 1.82) is 0 Å². The molecule has 12 aliphatic carbocycles. The number of aromatic hydroxyl groups is 2. The highest BCUT2D eigenvalue weighted by molar-refractivity contribution is 5.98. The van der Waals surface area contributed by atoms with E-state index in [1.807, 2.05) is 6.07 Å². The van der Waals surface area contributed by atoms with Gasteiger partial charge in [-0.25, -0.2) is 4.99 Å². The van der Waals surface area contributed by atoms with Gasteiger partial charge in [0, 0.05) is 69.6 Å². The monoisotopic (exact) mass is 1210 g/mol. The molecule has 0 aromatic heterocycles. The second-order valence-electron chi connectivity index (χ2n) is 32.1. The Morgan fingerprint density at radius 3 is 2.52 bits per heavy atom. The van der Waals surface area contributed by atoms with Crippen LogP contribution in [0.4, 0.5) is 0 Å². The largest absolute Gasteiger partial charge is 0.508 e. The number of hydrogen-bond acceptors (Lipinski definition) is 11. The molecule has 6 saturated carbocycles. The van der Waals surface area contributed by atoms with Crippen molar-refractivity contribution in [3.63, 3.8) is 0 Å². The van der Waals surface area contributed by atoms with E-state index in [1.165, 1.54) is 41.5 Å². The molecule has 0 amide bonds. The number of nitrogens with zero attached hydrogens (tertiary/aromatic N) is 1. The van der Waals surface area contributed by atoms with Crippen LogP contribution >= 0.6 is 0 Å². The van der Waals surface area contributed by atoms with Gasteiger partial charge in [-0.05, 0) is 232 Å². The number of aryl methyl sites for hydroxylation is 1. The number of aliphatic hydroxyl groups excluding tert-OH is 3. The lowest BCUT2D eigenvalue weighted by molar-refractivity contribution is -0.209. The summed E-state index contributed by atoms with van der Waals surface area (Å²) in [6.07, 6.45) is 34.3. The fraction of sp³-hybridized carbons (Fsp3) is 0.620. The molecule has 474 valence electrons. The van der Waals surface area contributed by atoms with E-state index in [1.54, 1.807) is 0 Å². The van der Waals surface area contributed by atoms with Crippen molar-refractivity contribution in [2.75, 3.05) is 26.4 Å². The van der Waals surface area contributed by atoms with Gasteiger partial charge in [-0.15, -0.1) is 0 Å². The highest BCUT2D eigenvalue weighted by atomic mass is 16.5. The van der Waals surface area contributed by atoms with E-state index >= 15 is 4.79 Å². The van der Waals surface area contributed by atoms with Crippen LogP contribution < -0.4 is 15.8 Å². The molecule has 8 N–H and O–H groups in total. The molecule has 90 heavy (non-hydrogen) atoms. The number of carbonyl (C=O) groups is 1. The van der Waals surface area contributed by atoms with Gasteiger partial charge in [0.25, 0.3) is 0 Å². The van der Waals surface area contributed by atoms with Gasteiger partial charge in [0.05, 0.1) is 43.6 Å². The molecule has 1 saturated heterocycles. The summed E-state index contributed by atoms with van der Waals surface area (Å²) in [6, 6.07) is 15.2. The Hall–Kier alpha value is -5.64. The minimum absolute atomic E-state index is 0.0395. The summed E-state index contributed by atoms with van der Waals surface area (Å²) in [5.74, 6) is 7.85. The normalized spacial score (nSPS) is 40.0. The number of ketones is 1. The standard InChI is InChI=1S/C79H95N3O8/c1-46-37-77-26-21-50-33-51-39-75(44-84)24-6-5-16-61(75)60(43-83)67(51)64(87)35-58(50)59-36-65(90-56-13-2-3-14-56)71(88)68-57(59)15-10-12-54(40-76(45-85)42-66(77)78(38-46)41-63-72(70(76)69(68)78)89-28-27-74(63)22-8-9-23-74)81-73(80)82-79-25-7-4-11-52(79)20-19-49-18-17-47(32-62(49)79)29-48-30-53(77)34-55(86)31-48/h6,17-18,21,24,26,30-32,34,36,42,46,50-52,54,56,58,61,63,69-70,72,83-86,88H,2-5,7-9,11-14,16,19-20,22-23,25,27-29,33,35,37-41,43-45H2,1H3,(H3,80,81,82). The number of hydrogen-bond donors (Lipinski definition) is 7. The Kier molecular flexibility index (Phi) is 13.9. The number of fused-ring (bicyclic) bond motifs is 10. The minimum Gasteiger partial charge on any atom is -0.508 e. The van der Waals surface area contributed by atoms with Crippen LogP contribution in [-0.2, 0) is 33.3 Å². The highest BCUT2D eigenvalue weighted by Crippen LogP contribution is 2.77. The van der Waals surface area contributed by atoms with Gasteiger partial charge < -0.3 is 46.1 Å². The molecular weight excluding hydrogens is 1120 g/mol. The highest BCUT2D eigenvalue weighted by Gasteiger charge is 2.72. The molecule has 0 radical (unpaired) electrons. The van der Waals surface area contributed by atoms with Crippen LogP contribution in [0.5, 0.6) is 17.2 Å². The molecule has 14 bridgehead atoms. The molecule has 17 rings (SSSR count). The lowest BCUT2D eigenvalue weighted by Gasteiger charge is -2.70. The van der Waals surface area contributed by atoms with E-state index < -0.39 is 45.1 Å². The number of benzene rings is 3. The van der Waals surface area contributed by atoms with Gasteiger partial charge in [-0.3, -0.25) is 4.79 Å². The van der Waals surface area contributed by atoms with Crippen LogP contribution in [0.1, 0.15) is 217 Å². The number of phenols is 2. The number of nitrogens with one attached hydrogen (secondary N) is 1. The van der Waals surface area contributed by atoms with Crippen LogP contribution in [0, 0.1) is 74.9 Å². The number of Topliss-reactive ketones (excluding diaryl/α,β-unsaturated/α-hetero) is 1. The van der Waals surface area contributed by atoms with E-state index in [0.29, 0.717) is 56.3 Å². The number of phenolic OH excluding ortho intramolecular Hbond substituents is 2. The molecule has 3 aromatic rings. The quantitative estimate of drug-likeness (QED) is 0.0957. The Morgan fingerprint density at radius 2 is 1.69 bits per heavy atom. The van der Waals surface area contributed by atoms with Crippen molar-refractivity contribution in [3.05, 3.63) is 134 Å². The van der Waals surface area contributed by atoms with Crippen LogP contribution in [0.2, 0.25) is 0 Å². The Bertz CT molecular complexity index is 3680. The number of rotatable bonds is 5. The van der Waals surface area contributed by atoms with E-state index in [0.717, 1.165) is 148 Å². The first kappa shape index (κ1) is 58.2. The third-order valence-electron chi connectivity index (χ3n) is 27.7. The Morgan fingerprint density at radius 1 is 0.856 bits per heavy atom. The number of aliphatic hydroxyl groups is 3. The SMILES string of the molecule is CC1CC23C=CC4CC5CC6(CO)C=CCCC6C(CO)=C5C(=O)CC4c4cc(OC5CCCC5)c(O)c5c4C#CCC(CC4(CO)C=C2C2(C1)CC1C(OCCC16CCCC6)C4C52)N=C(N)NC12CCCCC1CCc1ccc(cc12)Cc1cc(O)cc3c1. The van der Waals surface area contributed by atoms with Gasteiger partial charge in [0.15, 0.2) is 23.2 Å². The summed E-state index contributed by atoms with van der Waals surface area (Å²) in [4.78, 5) is 21.9. The van der Waals surface area contributed by atoms with E-state index in [2.05, 4.69) is 90.9 Å². The topological polar surface area (TPSA) is 187 Å². The molecule has 7 fully saturated rings. The molecule has 16 atom stereocenters. The summed E-state index contributed by atoms with van der Waals surface area (Å²) >= 11 is 0. The molecular formula is C79H95N3O8.